The monoisotopic (exact) mass is 562 g/mol. The van der Waals surface area contributed by atoms with Crippen LogP contribution in [0, 0.1) is 5.92 Å². The predicted molar refractivity (Wildman–Crippen MR) is 162 cm³/mol. The van der Waals surface area contributed by atoms with Gasteiger partial charge >= 0.3 is 0 Å². The fourth-order valence-electron chi connectivity index (χ4n) is 7.41. The quantitative estimate of drug-likeness (QED) is 0.263. The third-order valence-electron chi connectivity index (χ3n) is 9.56. The molecule has 1 saturated carbocycles. The summed E-state index contributed by atoms with van der Waals surface area (Å²) >= 11 is 0. The summed E-state index contributed by atoms with van der Waals surface area (Å²) in [6.45, 7) is 4.67. The van der Waals surface area contributed by atoms with Gasteiger partial charge in [-0.05, 0) is 60.3 Å². The van der Waals surface area contributed by atoms with Crippen LogP contribution in [-0.2, 0) is 9.59 Å². The molecule has 7 rings (SSSR count). The van der Waals surface area contributed by atoms with Gasteiger partial charge in [0.15, 0.2) is 0 Å². The van der Waals surface area contributed by atoms with Gasteiger partial charge in [0.2, 0.25) is 11.8 Å². The minimum absolute atomic E-state index is 0.0426. The fraction of sp³-hybridized carbons (Fsp3) is 0.412. The van der Waals surface area contributed by atoms with E-state index in [1.54, 1.807) is 0 Å². The van der Waals surface area contributed by atoms with E-state index in [1.807, 2.05) is 31.1 Å². The Morgan fingerprint density at radius 1 is 0.762 bits per heavy atom. The van der Waals surface area contributed by atoms with Crippen LogP contribution in [0.25, 0.3) is 33.6 Å². The highest BCUT2D eigenvalue weighted by Crippen LogP contribution is 2.50. The van der Waals surface area contributed by atoms with Gasteiger partial charge in [0.05, 0.1) is 35.9 Å². The zero-order valence-electron chi connectivity index (χ0n) is 24.3. The normalized spacial score (nSPS) is 23.2. The van der Waals surface area contributed by atoms with Gasteiger partial charge in [-0.2, -0.15) is 0 Å². The van der Waals surface area contributed by atoms with E-state index in [0.29, 0.717) is 24.8 Å². The highest BCUT2D eigenvalue weighted by Gasteiger charge is 2.49. The first-order valence-electron chi connectivity index (χ1n) is 15.5. The zero-order chi connectivity index (χ0) is 28.8. The van der Waals surface area contributed by atoms with E-state index < -0.39 is 0 Å². The Hall–Kier alpha value is -4.20. The Labute approximate surface area is 246 Å². The lowest BCUT2D eigenvalue weighted by Crippen LogP contribution is -2.40. The topological polar surface area (TPSA) is 98.0 Å². The summed E-state index contributed by atoms with van der Waals surface area (Å²) in [5, 5.41) is 0. The van der Waals surface area contributed by atoms with Crippen LogP contribution in [0.2, 0.25) is 0 Å². The molecule has 3 fully saturated rings. The van der Waals surface area contributed by atoms with Crippen molar-refractivity contribution in [3.05, 3.63) is 72.6 Å². The van der Waals surface area contributed by atoms with Gasteiger partial charge in [-0.3, -0.25) is 9.59 Å². The summed E-state index contributed by atoms with van der Waals surface area (Å²) in [4.78, 5) is 45.5. The maximum absolute atomic E-state index is 12.7. The van der Waals surface area contributed by atoms with Crippen molar-refractivity contribution in [1.29, 1.82) is 0 Å². The van der Waals surface area contributed by atoms with Crippen molar-refractivity contribution in [3.63, 3.8) is 0 Å². The largest absolute Gasteiger partial charge is 0.340 e. The van der Waals surface area contributed by atoms with Crippen molar-refractivity contribution >= 4 is 11.8 Å². The molecule has 2 saturated heterocycles. The number of H-pyrrole nitrogens is 2. The lowest BCUT2D eigenvalue weighted by molar-refractivity contribution is -0.135. The molecule has 4 heterocycles. The SMILES string of the molecule is CCC(=O)N1CCC[C@H]1c1ncc(-c2ccc(-c3ccc(-c4cnc([C@H]5[C@H]6CC[C@@H](C6)N5C(=O)CC)[nH]4)cc3)cc2)[nH]1. The van der Waals surface area contributed by atoms with E-state index in [1.165, 1.54) is 6.42 Å². The number of nitrogens with zero attached hydrogens (tertiary/aromatic N) is 4. The summed E-state index contributed by atoms with van der Waals surface area (Å²) in [6.07, 6.45) is 10.2. The second-order valence-electron chi connectivity index (χ2n) is 11.9. The van der Waals surface area contributed by atoms with Crippen molar-refractivity contribution < 1.29 is 9.59 Å². The van der Waals surface area contributed by atoms with Gasteiger partial charge < -0.3 is 19.8 Å². The first-order valence-corrected chi connectivity index (χ1v) is 15.5. The predicted octanol–water partition coefficient (Wildman–Crippen LogP) is 6.67. The smallest absolute Gasteiger partial charge is 0.223 e. The molecule has 0 unspecified atom stereocenters. The number of carbonyl (C=O) groups is 2. The third-order valence-corrected chi connectivity index (χ3v) is 9.56. The van der Waals surface area contributed by atoms with E-state index in [4.69, 9.17) is 4.98 Å². The molecule has 1 aliphatic carbocycles. The molecule has 216 valence electrons. The van der Waals surface area contributed by atoms with Crippen molar-refractivity contribution in [2.75, 3.05) is 6.54 Å². The van der Waals surface area contributed by atoms with Crippen LogP contribution >= 0.6 is 0 Å². The van der Waals surface area contributed by atoms with Gasteiger partial charge in [0, 0.05) is 25.4 Å². The highest BCUT2D eigenvalue weighted by molar-refractivity contribution is 5.78. The maximum atomic E-state index is 12.7. The summed E-state index contributed by atoms with van der Waals surface area (Å²) in [7, 11) is 0. The molecule has 2 bridgehead atoms. The molecule has 2 aromatic heterocycles. The first-order chi connectivity index (χ1) is 20.5. The van der Waals surface area contributed by atoms with Crippen molar-refractivity contribution in [3.8, 4) is 33.6 Å². The van der Waals surface area contributed by atoms with Crippen molar-refractivity contribution in [1.82, 2.24) is 29.7 Å². The molecule has 8 nitrogen and oxygen atoms in total. The van der Waals surface area contributed by atoms with E-state index >= 15 is 0 Å². The van der Waals surface area contributed by atoms with Gasteiger partial charge in [-0.15, -0.1) is 0 Å². The molecular formula is C34H38N6O2. The van der Waals surface area contributed by atoms with Gasteiger partial charge in [-0.1, -0.05) is 62.4 Å². The van der Waals surface area contributed by atoms with Crippen LogP contribution < -0.4 is 0 Å². The second kappa shape index (κ2) is 10.9. The average molecular weight is 563 g/mol. The molecule has 0 spiro atoms. The number of carbonyl (C=O) groups excluding carboxylic acids is 2. The molecule has 42 heavy (non-hydrogen) atoms. The first kappa shape index (κ1) is 26.7. The third kappa shape index (κ3) is 4.63. The number of imidazole rings is 2. The van der Waals surface area contributed by atoms with Crippen LogP contribution in [0.4, 0.5) is 0 Å². The summed E-state index contributed by atoms with van der Waals surface area (Å²) < 4.78 is 0. The minimum Gasteiger partial charge on any atom is -0.340 e. The second-order valence-corrected chi connectivity index (χ2v) is 11.9. The molecule has 2 N–H and O–H groups in total. The molecule has 3 aliphatic rings. The standard InChI is InChI=1S/C34H38N6O2/c1-3-30(41)39-17-5-6-29(39)33-35-19-27(37-33)23-11-7-21(8-12-23)22-9-13-24(14-10-22)28-20-36-34(38-28)32-25-15-16-26(18-25)40(32)31(42)4-2/h7-14,19-20,25-26,29,32H,3-6,15-18H2,1-2H3,(H,35,37)(H,36,38)/t25-,26-,29-,32+/m0/s1. The maximum Gasteiger partial charge on any atom is 0.223 e. The minimum atomic E-state index is 0.0426. The highest BCUT2D eigenvalue weighted by atomic mass is 16.2. The van der Waals surface area contributed by atoms with Gasteiger partial charge in [0.1, 0.15) is 11.6 Å². The van der Waals surface area contributed by atoms with Crippen molar-refractivity contribution in [2.24, 2.45) is 5.92 Å². The number of benzene rings is 2. The van der Waals surface area contributed by atoms with E-state index in [9.17, 15) is 9.59 Å². The van der Waals surface area contributed by atoms with Crippen LogP contribution in [0.3, 0.4) is 0 Å². The number of amides is 2. The Balaban J connectivity index is 1.05. The number of piperidine rings is 1. The summed E-state index contributed by atoms with van der Waals surface area (Å²) in [6, 6.07) is 17.5. The lowest BCUT2D eigenvalue weighted by atomic mass is 9.97. The molecule has 4 atom stereocenters. The van der Waals surface area contributed by atoms with E-state index in [-0.39, 0.29) is 23.9 Å². The van der Waals surface area contributed by atoms with Crippen LogP contribution in [0.15, 0.2) is 60.9 Å². The molecule has 4 aromatic rings. The molecule has 2 aromatic carbocycles. The Bertz CT molecular complexity index is 1590. The van der Waals surface area contributed by atoms with Gasteiger partial charge in [0.25, 0.3) is 0 Å². The van der Waals surface area contributed by atoms with Crippen LogP contribution in [0.5, 0.6) is 0 Å². The average Bonchev–Trinajstić information content (AvgIpc) is 3.88. The molecule has 2 aliphatic heterocycles. The van der Waals surface area contributed by atoms with Crippen molar-refractivity contribution in [2.45, 2.75) is 76.9 Å². The number of likely N-dealkylation sites (tertiary alicyclic amines) is 2. The van der Waals surface area contributed by atoms with Gasteiger partial charge in [-0.25, -0.2) is 9.97 Å². The molecule has 0 radical (unpaired) electrons. The number of aromatic amines is 2. The number of fused-ring (bicyclic) bond motifs is 2. The van der Waals surface area contributed by atoms with Crippen LogP contribution in [-0.4, -0.2) is 54.1 Å². The Morgan fingerprint density at radius 2 is 1.33 bits per heavy atom. The lowest BCUT2D eigenvalue weighted by Gasteiger charge is -2.34. The Kier molecular flexibility index (Phi) is 6.92. The zero-order valence-corrected chi connectivity index (χ0v) is 24.3. The fourth-order valence-corrected chi connectivity index (χ4v) is 7.41. The number of hydrogen-bond acceptors (Lipinski definition) is 4. The summed E-state index contributed by atoms with van der Waals surface area (Å²) in [5.74, 6) is 2.71. The van der Waals surface area contributed by atoms with E-state index in [0.717, 1.165) is 77.5 Å². The Morgan fingerprint density at radius 3 is 1.95 bits per heavy atom. The number of nitrogens with one attached hydrogen (secondary N) is 2. The number of aromatic nitrogens is 4. The number of rotatable bonds is 7. The molecule has 2 amide bonds. The van der Waals surface area contributed by atoms with Crippen LogP contribution in [0.1, 0.15) is 82.5 Å². The summed E-state index contributed by atoms with van der Waals surface area (Å²) in [5.41, 5.74) is 6.38. The molecular weight excluding hydrogens is 524 g/mol. The number of hydrogen-bond donors (Lipinski definition) is 2. The molecule has 8 heteroatoms. The van der Waals surface area contributed by atoms with E-state index in [2.05, 4.69) is 68.4 Å².